The summed E-state index contributed by atoms with van der Waals surface area (Å²) in [6.07, 6.45) is -0.169. The second kappa shape index (κ2) is 9.35. The lowest BCUT2D eigenvalue weighted by molar-refractivity contribution is -0.153. The van der Waals surface area contributed by atoms with E-state index in [0.29, 0.717) is 12.2 Å². The number of nitrogens with one attached hydrogen (secondary N) is 1. The van der Waals surface area contributed by atoms with Crippen LogP contribution in [0.5, 0.6) is 0 Å². The molecule has 1 heterocycles. The van der Waals surface area contributed by atoms with Crippen LogP contribution in [0.15, 0.2) is 54.6 Å². The van der Waals surface area contributed by atoms with E-state index in [0.717, 1.165) is 16.9 Å². The van der Waals surface area contributed by atoms with Crippen LogP contribution in [0.1, 0.15) is 42.1 Å². The molecule has 2 aromatic rings. The van der Waals surface area contributed by atoms with Crippen LogP contribution in [-0.4, -0.2) is 42.8 Å². The van der Waals surface area contributed by atoms with Gasteiger partial charge in [0.05, 0.1) is 11.3 Å². The highest BCUT2D eigenvalue weighted by atomic mass is 16.5. The number of anilines is 1. The molecule has 2 aromatic carbocycles. The fraction of sp³-hybridized carbons (Fsp3) is 0.304. The maximum Gasteiger partial charge on any atom is 0.326 e. The maximum absolute atomic E-state index is 12.4. The molecule has 7 nitrogen and oxygen atoms in total. The van der Waals surface area contributed by atoms with Crippen molar-refractivity contribution in [2.75, 3.05) is 18.0 Å². The van der Waals surface area contributed by atoms with Gasteiger partial charge in [0.25, 0.3) is 17.6 Å². The number of carbonyl (C=O) groups is 4. The molecule has 1 aliphatic heterocycles. The van der Waals surface area contributed by atoms with Gasteiger partial charge in [-0.05, 0) is 31.0 Å². The average Bonchev–Trinajstić information content (AvgIpc) is 2.99. The molecule has 30 heavy (non-hydrogen) atoms. The first-order valence-electron chi connectivity index (χ1n) is 9.89. The number of rotatable bonds is 8. The van der Waals surface area contributed by atoms with Crippen molar-refractivity contribution in [1.82, 2.24) is 5.32 Å². The largest absolute Gasteiger partial charge is 0.451 e. The lowest BCUT2D eigenvalue weighted by atomic mass is 9.96. The number of benzene rings is 2. The molecule has 2 atom stereocenters. The number of carbonyl (C=O) groups excluding carboxylic acids is 4. The summed E-state index contributed by atoms with van der Waals surface area (Å²) in [6.45, 7) is 3.51. The third-order valence-corrected chi connectivity index (χ3v) is 5.13. The van der Waals surface area contributed by atoms with Crippen molar-refractivity contribution >= 4 is 29.3 Å². The Morgan fingerprint density at radius 3 is 2.40 bits per heavy atom. The van der Waals surface area contributed by atoms with Crippen LogP contribution < -0.4 is 10.2 Å². The van der Waals surface area contributed by atoms with Crippen LogP contribution in [0, 0.1) is 0 Å². The normalized spacial score (nSPS) is 14.8. The Morgan fingerprint density at radius 1 is 1.03 bits per heavy atom. The van der Waals surface area contributed by atoms with Gasteiger partial charge in [0.1, 0.15) is 6.54 Å². The summed E-state index contributed by atoms with van der Waals surface area (Å²) in [4.78, 5) is 49.9. The first kappa shape index (κ1) is 21.2. The van der Waals surface area contributed by atoms with Gasteiger partial charge >= 0.3 is 5.97 Å². The molecule has 156 valence electrons. The average molecular weight is 408 g/mol. The van der Waals surface area contributed by atoms with Crippen LogP contribution >= 0.6 is 0 Å². The van der Waals surface area contributed by atoms with E-state index in [-0.39, 0.29) is 11.5 Å². The molecule has 0 aromatic heterocycles. The Hall–Kier alpha value is -3.48. The second-order valence-electron chi connectivity index (χ2n) is 7.13. The fourth-order valence-corrected chi connectivity index (χ4v) is 3.41. The maximum atomic E-state index is 12.4. The molecular weight excluding hydrogens is 384 g/mol. The number of esters is 1. The van der Waals surface area contributed by atoms with Gasteiger partial charge in [-0.15, -0.1) is 0 Å². The quantitative estimate of drug-likeness (QED) is 0.535. The zero-order valence-electron chi connectivity index (χ0n) is 17.0. The molecule has 0 unspecified atom stereocenters. The molecule has 0 bridgehead atoms. The van der Waals surface area contributed by atoms with Crippen molar-refractivity contribution in [1.29, 1.82) is 0 Å². The van der Waals surface area contributed by atoms with Gasteiger partial charge in [0.15, 0.2) is 6.10 Å². The van der Waals surface area contributed by atoms with E-state index in [1.807, 2.05) is 37.3 Å². The van der Waals surface area contributed by atoms with Crippen molar-refractivity contribution in [3.63, 3.8) is 0 Å². The Bertz CT molecular complexity index is 957. The van der Waals surface area contributed by atoms with Gasteiger partial charge < -0.3 is 10.1 Å². The number of nitrogens with zero attached hydrogens (tertiary/aromatic N) is 1. The van der Waals surface area contributed by atoms with Gasteiger partial charge in [-0.1, -0.05) is 49.4 Å². The van der Waals surface area contributed by atoms with E-state index in [1.54, 1.807) is 18.2 Å². The number of para-hydroxylation sites is 1. The second-order valence-corrected chi connectivity index (χ2v) is 7.13. The summed E-state index contributed by atoms with van der Waals surface area (Å²) < 4.78 is 5.19. The Labute approximate surface area is 175 Å². The molecule has 3 rings (SSSR count). The topological polar surface area (TPSA) is 92.8 Å². The smallest absolute Gasteiger partial charge is 0.326 e. The summed E-state index contributed by atoms with van der Waals surface area (Å²) in [5, 5.41) is 2.81. The van der Waals surface area contributed by atoms with E-state index in [2.05, 4.69) is 5.32 Å². The van der Waals surface area contributed by atoms with Gasteiger partial charge in [-0.3, -0.25) is 24.1 Å². The number of Topliss-reactive ketones (excluding diaryl/α,β-unsaturated/α-hetero) is 1. The number of fused-ring (bicyclic) bond motifs is 1. The van der Waals surface area contributed by atoms with Gasteiger partial charge in [0.2, 0.25) is 0 Å². The zero-order chi connectivity index (χ0) is 21.7. The predicted molar refractivity (Wildman–Crippen MR) is 111 cm³/mol. The van der Waals surface area contributed by atoms with Gasteiger partial charge in [0, 0.05) is 12.5 Å². The lowest BCUT2D eigenvalue weighted by Gasteiger charge is -2.20. The molecular formula is C23H24N2O5. The Morgan fingerprint density at radius 2 is 1.70 bits per heavy atom. The van der Waals surface area contributed by atoms with Crippen molar-refractivity contribution in [3.05, 3.63) is 65.7 Å². The molecule has 1 N–H and O–H groups in total. The highest BCUT2D eigenvalue weighted by Gasteiger charge is 2.37. The van der Waals surface area contributed by atoms with E-state index < -0.39 is 36.2 Å². The summed E-state index contributed by atoms with van der Waals surface area (Å²) >= 11 is 0. The molecule has 1 aliphatic rings. The van der Waals surface area contributed by atoms with Crippen molar-refractivity contribution in [3.8, 4) is 0 Å². The lowest BCUT2D eigenvalue weighted by Crippen LogP contribution is -2.41. The van der Waals surface area contributed by atoms with Crippen LogP contribution in [0.3, 0.4) is 0 Å². The van der Waals surface area contributed by atoms with Crippen LogP contribution in [0.4, 0.5) is 5.69 Å². The molecule has 0 fully saturated rings. The minimum atomic E-state index is -1.02. The Kier molecular flexibility index (Phi) is 6.61. The van der Waals surface area contributed by atoms with E-state index in [4.69, 9.17) is 4.74 Å². The SMILES string of the molecule is CC[C@@H](CNC(=O)[C@@H](C)OC(=O)CN1C(=O)C(=O)c2ccccc21)c1ccccc1. The van der Waals surface area contributed by atoms with Crippen LogP contribution in [-0.2, 0) is 19.1 Å². The summed E-state index contributed by atoms with van der Waals surface area (Å²) in [7, 11) is 0. The van der Waals surface area contributed by atoms with Crippen molar-refractivity contribution in [2.45, 2.75) is 32.3 Å². The Balaban J connectivity index is 1.53. The third kappa shape index (κ3) is 4.56. The first-order chi connectivity index (χ1) is 14.4. The standard InChI is InChI=1S/C23H24N2O5/c1-3-16(17-9-5-4-6-10-17)13-24-22(28)15(2)30-20(26)14-25-19-12-8-7-11-18(19)21(27)23(25)29/h4-12,15-16H,3,13-14H2,1-2H3,(H,24,28)/t15-,16+/m1/s1. The number of hydrogen-bond acceptors (Lipinski definition) is 5. The molecule has 7 heteroatoms. The summed E-state index contributed by atoms with van der Waals surface area (Å²) in [5.74, 6) is -2.45. The number of ketones is 1. The summed E-state index contributed by atoms with van der Waals surface area (Å²) in [6, 6.07) is 16.3. The zero-order valence-corrected chi connectivity index (χ0v) is 17.0. The molecule has 0 radical (unpaired) electrons. The highest BCUT2D eigenvalue weighted by Crippen LogP contribution is 2.28. The number of hydrogen-bond donors (Lipinski definition) is 1. The minimum Gasteiger partial charge on any atom is -0.451 e. The van der Waals surface area contributed by atoms with E-state index >= 15 is 0 Å². The monoisotopic (exact) mass is 408 g/mol. The molecule has 0 saturated carbocycles. The third-order valence-electron chi connectivity index (χ3n) is 5.13. The first-order valence-corrected chi connectivity index (χ1v) is 9.89. The van der Waals surface area contributed by atoms with E-state index in [1.165, 1.54) is 13.0 Å². The van der Waals surface area contributed by atoms with E-state index in [9.17, 15) is 19.2 Å². The van der Waals surface area contributed by atoms with Gasteiger partial charge in [-0.2, -0.15) is 0 Å². The van der Waals surface area contributed by atoms with Crippen molar-refractivity contribution in [2.24, 2.45) is 0 Å². The van der Waals surface area contributed by atoms with Crippen LogP contribution in [0.2, 0.25) is 0 Å². The molecule has 0 aliphatic carbocycles. The summed E-state index contributed by atoms with van der Waals surface area (Å²) in [5.41, 5.74) is 1.75. The molecule has 0 saturated heterocycles. The fourth-order valence-electron chi connectivity index (χ4n) is 3.41. The minimum absolute atomic E-state index is 0.155. The molecule has 0 spiro atoms. The van der Waals surface area contributed by atoms with Crippen molar-refractivity contribution < 1.29 is 23.9 Å². The highest BCUT2D eigenvalue weighted by molar-refractivity contribution is 6.52. The predicted octanol–water partition coefficient (Wildman–Crippen LogP) is 2.46. The number of amides is 2. The molecule has 2 amide bonds. The van der Waals surface area contributed by atoms with Gasteiger partial charge in [-0.25, -0.2) is 0 Å². The van der Waals surface area contributed by atoms with Crippen LogP contribution in [0.25, 0.3) is 0 Å². The number of ether oxygens (including phenoxy) is 1.